The van der Waals surface area contributed by atoms with Crippen molar-refractivity contribution in [1.29, 1.82) is 0 Å². The van der Waals surface area contributed by atoms with Gasteiger partial charge in [0.2, 0.25) is 5.91 Å². The van der Waals surface area contributed by atoms with Crippen molar-refractivity contribution in [1.82, 2.24) is 4.90 Å². The summed E-state index contributed by atoms with van der Waals surface area (Å²) in [7, 11) is 0. The Morgan fingerprint density at radius 2 is 1.88 bits per heavy atom. The van der Waals surface area contributed by atoms with Crippen molar-refractivity contribution in [2.24, 2.45) is 0 Å². The summed E-state index contributed by atoms with van der Waals surface area (Å²) in [5.41, 5.74) is 2.32. The molecule has 0 aliphatic carbocycles. The summed E-state index contributed by atoms with van der Waals surface area (Å²) < 4.78 is 5.47. The molecule has 3 rings (SSSR count). The maximum Gasteiger partial charge on any atom is 0.410 e. The molecule has 0 spiro atoms. The first-order valence-corrected chi connectivity index (χ1v) is 9.02. The van der Waals surface area contributed by atoms with Crippen LogP contribution in [0.2, 0.25) is 0 Å². The molecule has 1 aromatic carbocycles. The highest BCUT2D eigenvalue weighted by atomic mass is 16.6. The number of benzene rings is 1. The SMILES string of the molecule is CC(C)(C)OC(=O)N1CCC(c2cccc3c2C(C)(C)C(=O)N3)CC1. The Morgan fingerprint density at radius 1 is 1.24 bits per heavy atom. The smallest absolute Gasteiger partial charge is 0.410 e. The maximum atomic E-state index is 12.3. The van der Waals surface area contributed by atoms with Gasteiger partial charge in [-0.15, -0.1) is 0 Å². The van der Waals surface area contributed by atoms with Gasteiger partial charge in [-0.1, -0.05) is 12.1 Å². The number of amides is 2. The minimum absolute atomic E-state index is 0.0566. The first-order valence-electron chi connectivity index (χ1n) is 9.02. The molecule has 1 fully saturated rings. The summed E-state index contributed by atoms with van der Waals surface area (Å²) in [6.07, 6.45) is 1.54. The van der Waals surface area contributed by atoms with E-state index in [1.54, 1.807) is 4.90 Å². The summed E-state index contributed by atoms with van der Waals surface area (Å²) in [6.45, 7) is 11.0. The van der Waals surface area contributed by atoms with Crippen molar-refractivity contribution < 1.29 is 14.3 Å². The number of piperidine rings is 1. The van der Waals surface area contributed by atoms with Crippen molar-refractivity contribution in [3.63, 3.8) is 0 Å². The van der Waals surface area contributed by atoms with E-state index < -0.39 is 11.0 Å². The van der Waals surface area contributed by atoms with Crippen LogP contribution in [-0.2, 0) is 14.9 Å². The topological polar surface area (TPSA) is 58.6 Å². The van der Waals surface area contributed by atoms with E-state index in [0.29, 0.717) is 19.0 Å². The van der Waals surface area contributed by atoms with Crippen molar-refractivity contribution in [3.05, 3.63) is 29.3 Å². The summed E-state index contributed by atoms with van der Waals surface area (Å²) in [5, 5.41) is 3.00. The minimum Gasteiger partial charge on any atom is -0.444 e. The second-order valence-electron chi connectivity index (χ2n) is 8.59. The maximum absolute atomic E-state index is 12.3. The molecule has 0 atom stereocenters. The van der Waals surface area contributed by atoms with Gasteiger partial charge in [0.05, 0.1) is 5.41 Å². The Hall–Kier alpha value is -2.04. The van der Waals surface area contributed by atoms with E-state index in [4.69, 9.17) is 4.74 Å². The van der Waals surface area contributed by atoms with Crippen LogP contribution in [0.3, 0.4) is 0 Å². The third-order valence-corrected chi connectivity index (χ3v) is 5.12. The van der Waals surface area contributed by atoms with E-state index in [-0.39, 0.29) is 12.0 Å². The number of anilines is 1. The molecule has 136 valence electrons. The molecule has 1 N–H and O–H groups in total. The fourth-order valence-corrected chi connectivity index (χ4v) is 3.80. The Bertz CT molecular complexity index is 695. The first kappa shape index (κ1) is 17.8. The normalized spacial score (nSPS) is 20.2. The van der Waals surface area contributed by atoms with Gasteiger partial charge in [0.15, 0.2) is 0 Å². The van der Waals surface area contributed by atoms with E-state index in [0.717, 1.165) is 24.1 Å². The minimum atomic E-state index is -0.506. The van der Waals surface area contributed by atoms with Gasteiger partial charge in [0, 0.05) is 18.8 Å². The lowest BCUT2D eigenvalue weighted by Gasteiger charge is -2.35. The molecule has 25 heavy (non-hydrogen) atoms. The monoisotopic (exact) mass is 344 g/mol. The molecule has 0 radical (unpaired) electrons. The van der Waals surface area contributed by atoms with Crippen LogP contribution >= 0.6 is 0 Å². The van der Waals surface area contributed by atoms with Gasteiger partial charge in [-0.05, 0) is 70.6 Å². The number of nitrogens with zero attached hydrogens (tertiary/aromatic N) is 1. The second kappa shape index (κ2) is 6.04. The molecule has 2 amide bonds. The molecule has 0 saturated carbocycles. The predicted octanol–water partition coefficient (Wildman–Crippen LogP) is 4.03. The molecule has 1 saturated heterocycles. The van der Waals surface area contributed by atoms with E-state index in [1.807, 2.05) is 46.8 Å². The van der Waals surface area contributed by atoms with Crippen molar-refractivity contribution in [2.45, 2.75) is 64.4 Å². The summed E-state index contributed by atoms with van der Waals surface area (Å²) in [6, 6.07) is 6.12. The van der Waals surface area contributed by atoms with Gasteiger partial charge in [0.25, 0.3) is 0 Å². The summed E-state index contributed by atoms with van der Waals surface area (Å²) in [5.74, 6) is 0.418. The number of hydrogen-bond donors (Lipinski definition) is 1. The average Bonchev–Trinajstić information content (AvgIpc) is 2.76. The molecule has 1 aromatic rings. The van der Waals surface area contributed by atoms with Crippen LogP contribution in [0.4, 0.5) is 10.5 Å². The first-order chi connectivity index (χ1) is 11.6. The van der Waals surface area contributed by atoms with Crippen molar-refractivity contribution in [2.75, 3.05) is 18.4 Å². The van der Waals surface area contributed by atoms with Crippen LogP contribution in [0.5, 0.6) is 0 Å². The van der Waals surface area contributed by atoms with Gasteiger partial charge >= 0.3 is 6.09 Å². The highest BCUT2D eigenvalue weighted by Crippen LogP contribution is 2.44. The molecular weight excluding hydrogens is 316 g/mol. The Labute approximate surface area is 149 Å². The molecule has 0 aromatic heterocycles. The number of likely N-dealkylation sites (tertiary alicyclic amines) is 1. The molecule has 5 nitrogen and oxygen atoms in total. The third kappa shape index (κ3) is 3.37. The second-order valence-corrected chi connectivity index (χ2v) is 8.59. The number of nitrogens with one attached hydrogen (secondary N) is 1. The molecule has 2 aliphatic rings. The van der Waals surface area contributed by atoms with Gasteiger partial charge in [-0.3, -0.25) is 4.79 Å². The zero-order valence-electron chi connectivity index (χ0n) is 15.8. The average molecular weight is 344 g/mol. The lowest BCUT2D eigenvalue weighted by Crippen LogP contribution is -2.41. The van der Waals surface area contributed by atoms with Gasteiger partial charge in [0.1, 0.15) is 5.60 Å². The van der Waals surface area contributed by atoms with Crippen LogP contribution < -0.4 is 5.32 Å². The van der Waals surface area contributed by atoms with Gasteiger partial charge < -0.3 is 15.0 Å². The van der Waals surface area contributed by atoms with Gasteiger partial charge in [-0.2, -0.15) is 0 Å². The number of ether oxygens (including phenoxy) is 1. The largest absolute Gasteiger partial charge is 0.444 e. The van der Waals surface area contributed by atoms with Crippen LogP contribution in [0.25, 0.3) is 0 Å². The predicted molar refractivity (Wildman–Crippen MR) is 97.9 cm³/mol. The van der Waals surface area contributed by atoms with Crippen LogP contribution in [-0.4, -0.2) is 35.6 Å². The molecule has 0 unspecified atom stereocenters. The quantitative estimate of drug-likeness (QED) is 0.837. The molecule has 5 heteroatoms. The molecule has 0 bridgehead atoms. The van der Waals surface area contributed by atoms with Crippen LogP contribution in [0.15, 0.2) is 18.2 Å². The summed E-state index contributed by atoms with van der Waals surface area (Å²) in [4.78, 5) is 26.3. The Morgan fingerprint density at radius 3 is 2.48 bits per heavy atom. The molecular formula is C20H28N2O3. The highest BCUT2D eigenvalue weighted by Gasteiger charge is 2.41. The Kier molecular flexibility index (Phi) is 4.30. The van der Waals surface area contributed by atoms with Crippen molar-refractivity contribution in [3.8, 4) is 0 Å². The zero-order chi connectivity index (χ0) is 18.4. The lowest BCUT2D eigenvalue weighted by atomic mass is 9.77. The Balaban J connectivity index is 1.74. The number of hydrogen-bond acceptors (Lipinski definition) is 3. The number of carbonyl (C=O) groups excluding carboxylic acids is 2. The molecule has 2 heterocycles. The van der Waals surface area contributed by atoms with Crippen LogP contribution in [0, 0.1) is 0 Å². The van der Waals surface area contributed by atoms with Crippen LogP contribution in [0.1, 0.15) is 64.5 Å². The number of carbonyl (C=O) groups is 2. The zero-order valence-corrected chi connectivity index (χ0v) is 15.8. The fraction of sp³-hybridized carbons (Fsp3) is 0.600. The fourth-order valence-electron chi connectivity index (χ4n) is 3.80. The number of fused-ring (bicyclic) bond motifs is 1. The third-order valence-electron chi connectivity index (χ3n) is 5.12. The van der Waals surface area contributed by atoms with Gasteiger partial charge in [-0.25, -0.2) is 4.79 Å². The number of rotatable bonds is 1. The summed E-state index contributed by atoms with van der Waals surface area (Å²) >= 11 is 0. The van der Waals surface area contributed by atoms with E-state index in [1.165, 1.54) is 5.56 Å². The van der Waals surface area contributed by atoms with E-state index >= 15 is 0 Å². The van der Waals surface area contributed by atoms with E-state index in [2.05, 4.69) is 11.4 Å². The van der Waals surface area contributed by atoms with E-state index in [9.17, 15) is 9.59 Å². The van der Waals surface area contributed by atoms with Crippen molar-refractivity contribution >= 4 is 17.7 Å². The molecule has 2 aliphatic heterocycles. The lowest BCUT2D eigenvalue weighted by molar-refractivity contribution is -0.119. The highest BCUT2D eigenvalue weighted by molar-refractivity contribution is 6.06. The standard InChI is InChI=1S/C20H28N2O3/c1-19(2,3)25-18(24)22-11-9-13(10-12-22)14-7-6-8-15-16(14)20(4,5)17(23)21-15/h6-8,13H,9-12H2,1-5H3,(H,21,23).